The minimum atomic E-state index is -1.06. The third-order valence-electron chi connectivity index (χ3n) is 5.05. The summed E-state index contributed by atoms with van der Waals surface area (Å²) in [7, 11) is 1.52. The normalized spacial score (nSPS) is 14.3. The van der Waals surface area contributed by atoms with Crippen molar-refractivity contribution in [3.05, 3.63) is 36.0 Å². The predicted molar refractivity (Wildman–Crippen MR) is 110 cm³/mol. The topological polar surface area (TPSA) is 123 Å². The number of hydroxylamine groups is 1. The minimum Gasteiger partial charge on any atom is -0.361 e. The van der Waals surface area contributed by atoms with Gasteiger partial charge in [0, 0.05) is 37.0 Å². The highest BCUT2D eigenvalue weighted by atomic mass is 16.5. The summed E-state index contributed by atoms with van der Waals surface area (Å²) in [6.07, 6.45) is 2.39. The molecule has 1 aromatic carbocycles. The van der Waals surface area contributed by atoms with Gasteiger partial charge in [-0.1, -0.05) is 39.0 Å². The molecule has 2 rings (SSSR count). The van der Waals surface area contributed by atoms with Gasteiger partial charge in [-0.2, -0.15) is 0 Å². The number of para-hydroxylation sites is 1. The third kappa shape index (κ3) is 5.57. The number of hydrogen-bond acceptors (Lipinski definition) is 4. The number of benzene rings is 1. The van der Waals surface area contributed by atoms with Crippen LogP contribution < -0.4 is 16.1 Å². The van der Waals surface area contributed by atoms with Crippen LogP contribution in [0, 0.1) is 11.3 Å². The second-order valence-electron chi connectivity index (χ2n) is 8.07. The summed E-state index contributed by atoms with van der Waals surface area (Å²) in [6, 6.07) is 6.94. The van der Waals surface area contributed by atoms with E-state index in [1.807, 2.05) is 44.3 Å². The van der Waals surface area contributed by atoms with Crippen LogP contribution >= 0.6 is 0 Å². The van der Waals surface area contributed by atoms with Gasteiger partial charge >= 0.3 is 0 Å². The minimum absolute atomic E-state index is 0.143. The number of likely N-dealkylation sites (N-methyl/N-ethyl adjacent to an activating group) is 1. The van der Waals surface area contributed by atoms with Gasteiger partial charge in [0.1, 0.15) is 6.04 Å². The number of fused-ring (bicyclic) bond motifs is 1. The van der Waals surface area contributed by atoms with Gasteiger partial charge in [0.05, 0.1) is 5.41 Å². The van der Waals surface area contributed by atoms with Crippen molar-refractivity contribution in [3.8, 4) is 0 Å². The van der Waals surface area contributed by atoms with Gasteiger partial charge in [-0.05, 0) is 24.0 Å². The maximum absolute atomic E-state index is 13.1. The van der Waals surface area contributed by atoms with E-state index < -0.39 is 23.3 Å². The van der Waals surface area contributed by atoms with Gasteiger partial charge in [0.25, 0.3) is 0 Å². The molecular formula is C21H30N4O4. The Morgan fingerprint density at radius 3 is 2.52 bits per heavy atom. The number of carbonyl (C=O) groups is 3. The highest BCUT2D eigenvalue weighted by molar-refractivity contribution is 5.93. The van der Waals surface area contributed by atoms with Gasteiger partial charge in [-0.3, -0.25) is 19.6 Å². The van der Waals surface area contributed by atoms with Crippen LogP contribution in [0.25, 0.3) is 10.9 Å². The fourth-order valence-electron chi connectivity index (χ4n) is 3.78. The van der Waals surface area contributed by atoms with Crippen LogP contribution in [-0.2, 0) is 20.8 Å². The van der Waals surface area contributed by atoms with Crippen LogP contribution in [-0.4, -0.2) is 41.0 Å². The molecule has 0 aliphatic carbocycles. The van der Waals surface area contributed by atoms with E-state index in [4.69, 9.17) is 5.21 Å². The molecule has 5 N–H and O–H groups in total. The van der Waals surface area contributed by atoms with Crippen LogP contribution in [0.5, 0.6) is 0 Å². The Balaban J connectivity index is 2.26. The number of aromatic nitrogens is 1. The van der Waals surface area contributed by atoms with Gasteiger partial charge in [0.15, 0.2) is 0 Å². The van der Waals surface area contributed by atoms with E-state index in [0.29, 0.717) is 12.8 Å². The molecule has 1 aromatic heterocycles. The molecule has 3 amide bonds. The number of carbonyl (C=O) groups excluding carboxylic acids is 3. The number of rotatable bonds is 9. The SMILES string of the molecule is CNC(=O)[C@H](Cc1c[nH]c2ccccc12)NC(=O)[C@@](C)(CC(=O)NO)CC(C)C. The fourth-order valence-corrected chi connectivity index (χ4v) is 3.78. The van der Waals surface area contributed by atoms with Crippen molar-refractivity contribution in [3.63, 3.8) is 0 Å². The lowest BCUT2D eigenvalue weighted by Gasteiger charge is -2.31. The molecule has 0 aliphatic heterocycles. The first-order chi connectivity index (χ1) is 13.7. The molecule has 8 heteroatoms. The molecule has 1 heterocycles. The summed E-state index contributed by atoms with van der Waals surface area (Å²) in [6.45, 7) is 5.57. The number of nitrogens with one attached hydrogen (secondary N) is 4. The predicted octanol–water partition coefficient (Wildman–Crippen LogP) is 1.89. The molecule has 0 bridgehead atoms. The lowest BCUT2D eigenvalue weighted by molar-refractivity contribution is -0.141. The Morgan fingerprint density at radius 2 is 1.90 bits per heavy atom. The molecule has 2 atom stereocenters. The van der Waals surface area contributed by atoms with Crippen molar-refractivity contribution < 1.29 is 19.6 Å². The van der Waals surface area contributed by atoms with Gasteiger partial charge in [-0.25, -0.2) is 5.48 Å². The van der Waals surface area contributed by atoms with E-state index in [9.17, 15) is 14.4 Å². The quantitative estimate of drug-likeness (QED) is 0.325. The van der Waals surface area contributed by atoms with Crippen molar-refractivity contribution >= 4 is 28.6 Å². The molecule has 0 unspecified atom stereocenters. The molecule has 0 fully saturated rings. The van der Waals surface area contributed by atoms with E-state index >= 15 is 0 Å². The number of amides is 3. The Morgan fingerprint density at radius 1 is 1.21 bits per heavy atom. The lowest BCUT2D eigenvalue weighted by Crippen LogP contribution is -2.52. The highest BCUT2D eigenvalue weighted by Gasteiger charge is 2.38. The molecule has 0 aliphatic rings. The van der Waals surface area contributed by atoms with E-state index in [-0.39, 0.29) is 18.2 Å². The molecule has 8 nitrogen and oxygen atoms in total. The van der Waals surface area contributed by atoms with E-state index in [1.165, 1.54) is 7.05 Å². The van der Waals surface area contributed by atoms with Crippen LogP contribution in [0.1, 0.15) is 39.2 Å². The van der Waals surface area contributed by atoms with Gasteiger partial charge in [0.2, 0.25) is 17.7 Å². The zero-order valence-electron chi connectivity index (χ0n) is 17.3. The first kappa shape index (κ1) is 22.4. The van der Waals surface area contributed by atoms with Gasteiger partial charge < -0.3 is 15.6 Å². The monoisotopic (exact) mass is 402 g/mol. The third-order valence-corrected chi connectivity index (χ3v) is 5.05. The second kappa shape index (κ2) is 9.56. The van der Waals surface area contributed by atoms with Crippen LogP contribution in [0.3, 0.4) is 0 Å². The highest BCUT2D eigenvalue weighted by Crippen LogP contribution is 2.31. The summed E-state index contributed by atoms with van der Waals surface area (Å²) < 4.78 is 0. The molecule has 2 aromatic rings. The van der Waals surface area contributed by atoms with Crippen molar-refractivity contribution in [2.24, 2.45) is 11.3 Å². The molecular weight excluding hydrogens is 372 g/mol. The van der Waals surface area contributed by atoms with Crippen molar-refractivity contribution in [1.82, 2.24) is 21.1 Å². The summed E-state index contributed by atoms with van der Waals surface area (Å²) in [5, 5.41) is 15.3. The standard InChI is InChI=1S/C21H30N4O4/c1-13(2)10-21(3,11-18(26)25-29)20(28)24-17(19(27)22-4)9-14-12-23-16-8-6-5-7-15(14)16/h5-8,12-13,17,23,29H,9-11H2,1-4H3,(H,22,27)(H,24,28)(H,25,26)/t17-,21+/m0/s1. The average molecular weight is 402 g/mol. The number of H-pyrrole nitrogens is 1. The average Bonchev–Trinajstić information content (AvgIpc) is 3.08. The largest absolute Gasteiger partial charge is 0.361 e. The van der Waals surface area contributed by atoms with E-state index in [0.717, 1.165) is 16.5 Å². The van der Waals surface area contributed by atoms with Crippen LogP contribution in [0.4, 0.5) is 0 Å². The molecule has 0 radical (unpaired) electrons. The van der Waals surface area contributed by atoms with Crippen LogP contribution in [0.15, 0.2) is 30.5 Å². The first-order valence-electron chi connectivity index (χ1n) is 9.70. The second-order valence-corrected chi connectivity index (χ2v) is 8.07. The zero-order valence-corrected chi connectivity index (χ0v) is 17.3. The Kier molecular flexibility index (Phi) is 7.39. The zero-order chi connectivity index (χ0) is 21.6. The molecule has 0 spiro atoms. The fraction of sp³-hybridized carbons (Fsp3) is 0.476. The number of hydrogen-bond donors (Lipinski definition) is 5. The Bertz CT molecular complexity index is 876. The summed E-state index contributed by atoms with van der Waals surface area (Å²) in [5.41, 5.74) is 2.39. The maximum atomic E-state index is 13.1. The summed E-state index contributed by atoms with van der Waals surface area (Å²) in [5.74, 6) is -1.22. The number of aromatic amines is 1. The smallest absolute Gasteiger partial charge is 0.244 e. The maximum Gasteiger partial charge on any atom is 0.244 e. The Hall–Kier alpha value is -2.87. The molecule has 0 saturated heterocycles. The summed E-state index contributed by atoms with van der Waals surface area (Å²) >= 11 is 0. The van der Waals surface area contributed by atoms with Crippen molar-refractivity contribution in [2.45, 2.75) is 46.1 Å². The van der Waals surface area contributed by atoms with Crippen LogP contribution in [0.2, 0.25) is 0 Å². The first-order valence-corrected chi connectivity index (χ1v) is 9.70. The molecule has 158 valence electrons. The van der Waals surface area contributed by atoms with Crippen molar-refractivity contribution in [1.29, 1.82) is 0 Å². The Labute approximate surface area is 170 Å². The molecule has 0 saturated carbocycles. The lowest BCUT2D eigenvalue weighted by atomic mass is 9.77. The van der Waals surface area contributed by atoms with E-state index in [1.54, 1.807) is 12.4 Å². The molecule has 29 heavy (non-hydrogen) atoms. The summed E-state index contributed by atoms with van der Waals surface area (Å²) in [4.78, 5) is 40.5. The van der Waals surface area contributed by atoms with Gasteiger partial charge in [-0.15, -0.1) is 0 Å². The van der Waals surface area contributed by atoms with E-state index in [2.05, 4.69) is 15.6 Å². The van der Waals surface area contributed by atoms with Crippen molar-refractivity contribution in [2.75, 3.05) is 7.05 Å².